The van der Waals surface area contributed by atoms with Gasteiger partial charge in [-0.25, -0.2) is 0 Å². The van der Waals surface area contributed by atoms with Gasteiger partial charge in [-0.1, -0.05) is 32.6 Å². The summed E-state index contributed by atoms with van der Waals surface area (Å²) in [5.74, 6) is -0.693. The zero-order valence-corrected chi connectivity index (χ0v) is 20.8. The van der Waals surface area contributed by atoms with Crippen LogP contribution in [0.5, 0.6) is 0 Å². The van der Waals surface area contributed by atoms with Crippen LogP contribution < -0.4 is 0 Å². The van der Waals surface area contributed by atoms with E-state index in [0.29, 0.717) is 0 Å². The van der Waals surface area contributed by atoms with Crippen LogP contribution >= 0.6 is 25.3 Å². The third-order valence-electron chi connectivity index (χ3n) is 4.65. The van der Waals surface area contributed by atoms with Gasteiger partial charge in [-0.05, 0) is 60.0 Å². The first-order chi connectivity index (χ1) is 12.9. The highest BCUT2D eigenvalue weighted by Gasteiger charge is 2.20. The van der Waals surface area contributed by atoms with Gasteiger partial charge in [0.2, 0.25) is 0 Å². The van der Waals surface area contributed by atoms with E-state index in [1.54, 1.807) is 0 Å². The van der Waals surface area contributed by atoms with Crippen LogP contribution in [0.1, 0.15) is 86.0 Å². The first-order valence-corrected chi connectivity index (χ1v) is 11.9. The molecule has 6 heteroatoms. The Bertz CT molecular complexity index is 406. The average molecular weight is 435 g/mol. The van der Waals surface area contributed by atoms with E-state index in [2.05, 4.69) is 44.4 Å². The van der Waals surface area contributed by atoms with Crippen molar-refractivity contribution in [1.82, 2.24) is 9.80 Å². The predicted octanol–water partition coefficient (Wildman–Crippen LogP) is 5.23. The molecule has 28 heavy (non-hydrogen) atoms. The van der Waals surface area contributed by atoms with E-state index in [1.165, 1.54) is 25.7 Å². The van der Waals surface area contributed by atoms with Gasteiger partial charge in [0.1, 0.15) is 0 Å². The Labute approximate surface area is 185 Å². The summed E-state index contributed by atoms with van der Waals surface area (Å²) in [6, 6.07) is 0. The van der Waals surface area contributed by atoms with Gasteiger partial charge >= 0.3 is 5.97 Å². The SMILES string of the molecule is CCCCCCN(CCN(CCCCCC(=O)O)CC(C)(C)S)CC(C)(C)S. The van der Waals surface area contributed by atoms with Crippen LogP contribution in [0.2, 0.25) is 0 Å². The fourth-order valence-electron chi connectivity index (χ4n) is 3.47. The van der Waals surface area contributed by atoms with E-state index in [1.807, 2.05) is 0 Å². The molecule has 0 aliphatic carbocycles. The van der Waals surface area contributed by atoms with E-state index in [-0.39, 0.29) is 15.9 Å². The van der Waals surface area contributed by atoms with Gasteiger partial charge in [-0.15, -0.1) is 0 Å². The number of hydrogen-bond acceptors (Lipinski definition) is 5. The molecule has 0 radical (unpaired) electrons. The summed E-state index contributed by atoms with van der Waals surface area (Å²) in [5, 5.41) is 8.79. The lowest BCUT2D eigenvalue weighted by Crippen LogP contribution is -2.44. The summed E-state index contributed by atoms with van der Waals surface area (Å²) >= 11 is 9.48. The second-order valence-electron chi connectivity index (χ2n) is 9.44. The molecule has 0 heterocycles. The van der Waals surface area contributed by atoms with Crippen LogP contribution in [0.15, 0.2) is 0 Å². The maximum atomic E-state index is 10.7. The topological polar surface area (TPSA) is 43.8 Å². The largest absolute Gasteiger partial charge is 0.481 e. The molecule has 0 saturated carbocycles. The Morgan fingerprint density at radius 1 is 0.750 bits per heavy atom. The molecular weight excluding hydrogens is 388 g/mol. The standard InChI is InChI=1S/C22H46N2O2S2/c1-6-7-8-11-14-23(18-21(2,3)27)16-17-24(19-22(4,5)28)15-12-9-10-13-20(25)26/h27-28H,6-19H2,1-5H3,(H,25,26). The molecule has 4 nitrogen and oxygen atoms in total. The van der Waals surface area contributed by atoms with Crippen LogP contribution in [-0.4, -0.2) is 69.6 Å². The Kier molecular flexibility index (Phi) is 15.0. The maximum absolute atomic E-state index is 10.7. The molecule has 0 rings (SSSR count). The molecule has 168 valence electrons. The molecule has 0 aromatic carbocycles. The highest BCUT2D eigenvalue weighted by Crippen LogP contribution is 2.17. The summed E-state index contributed by atoms with van der Waals surface area (Å²) in [4.78, 5) is 15.7. The summed E-state index contributed by atoms with van der Waals surface area (Å²) in [7, 11) is 0. The highest BCUT2D eigenvalue weighted by atomic mass is 32.1. The molecule has 0 fully saturated rings. The van der Waals surface area contributed by atoms with Gasteiger partial charge in [0.05, 0.1) is 0 Å². The quantitative estimate of drug-likeness (QED) is 0.204. The van der Waals surface area contributed by atoms with Crippen LogP contribution in [-0.2, 0) is 4.79 Å². The Morgan fingerprint density at radius 2 is 1.18 bits per heavy atom. The first-order valence-electron chi connectivity index (χ1n) is 11.0. The molecule has 0 aliphatic rings. The molecule has 1 N–H and O–H groups in total. The van der Waals surface area contributed by atoms with Crippen molar-refractivity contribution >= 4 is 31.2 Å². The summed E-state index contributed by atoms with van der Waals surface area (Å²) in [6.45, 7) is 17.1. The smallest absolute Gasteiger partial charge is 0.303 e. The molecule has 0 atom stereocenters. The number of carboxylic acids is 1. The lowest BCUT2D eigenvalue weighted by Gasteiger charge is -2.34. The number of unbranched alkanes of at least 4 members (excludes halogenated alkanes) is 5. The van der Waals surface area contributed by atoms with Gasteiger partial charge in [0.25, 0.3) is 0 Å². The minimum Gasteiger partial charge on any atom is -0.481 e. The zero-order valence-electron chi connectivity index (χ0n) is 19.0. The fraction of sp³-hybridized carbons (Fsp3) is 0.955. The molecule has 0 bridgehead atoms. The summed E-state index contributed by atoms with van der Waals surface area (Å²) in [6.07, 6.45) is 8.21. The number of nitrogens with zero attached hydrogens (tertiary/aromatic N) is 2. The van der Waals surface area contributed by atoms with Crippen molar-refractivity contribution in [3.8, 4) is 0 Å². The van der Waals surface area contributed by atoms with Crippen molar-refractivity contribution in [1.29, 1.82) is 0 Å². The number of rotatable bonds is 18. The first kappa shape index (κ1) is 28.1. The molecule has 0 aliphatic heterocycles. The minimum atomic E-state index is -0.693. The van der Waals surface area contributed by atoms with Crippen LogP contribution in [0.3, 0.4) is 0 Å². The Balaban J connectivity index is 4.58. The molecule has 0 saturated heterocycles. The molecule has 0 aromatic heterocycles. The second-order valence-corrected chi connectivity index (χ2v) is 11.9. The number of aliphatic carboxylic acids is 1. The third kappa shape index (κ3) is 19.4. The van der Waals surface area contributed by atoms with Crippen LogP contribution in [0, 0.1) is 0 Å². The van der Waals surface area contributed by atoms with Crippen molar-refractivity contribution in [2.45, 2.75) is 95.5 Å². The van der Waals surface area contributed by atoms with Gasteiger partial charge in [0.15, 0.2) is 0 Å². The number of carbonyl (C=O) groups is 1. The van der Waals surface area contributed by atoms with E-state index in [4.69, 9.17) is 30.4 Å². The van der Waals surface area contributed by atoms with Gasteiger partial charge in [-0.2, -0.15) is 25.3 Å². The normalized spacial score (nSPS) is 12.9. The lowest BCUT2D eigenvalue weighted by atomic mass is 10.1. The predicted molar refractivity (Wildman–Crippen MR) is 129 cm³/mol. The van der Waals surface area contributed by atoms with E-state index < -0.39 is 5.97 Å². The number of carboxylic acid groups (broad SMARTS) is 1. The second kappa shape index (κ2) is 15.0. The fourth-order valence-corrected chi connectivity index (χ4v) is 3.87. The summed E-state index contributed by atoms with van der Waals surface area (Å²) < 4.78 is -0.0227. The molecule has 0 spiro atoms. The average Bonchev–Trinajstić information content (AvgIpc) is 2.52. The van der Waals surface area contributed by atoms with E-state index in [0.717, 1.165) is 58.5 Å². The van der Waals surface area contributed by atoms with E-state index >= 15 is 0 Å². The lowest BCUT2D eigenvalue weighted by molar-refractivity contribution is -0.137. The van der Waals surface area contributed by atoms with E-state index in [9.17, 15) is 4.79 Å². The molecule has 0 aromatic rings. The minimum absolute atomic E-state index is 0.00916. The zero-order chi connectivity index (χ0) is 21.6. The van der Waals surface area contributed by atoms with Crippen molar-refractivity contribution in [3.63, 3.8) is 0 Å². The Hall–Kier alpha value is 0.0900. The van der Waals surface area contributed by atoms with Crippen molar-refractivity contribution < 1.29 is 9.90 Å². The van der Waals surface area contributed by atoms with Crippen LogP contribution in [0.4, 0.5) is 0 Å². The van der Waals surface area contributed by atoms with Gasteiger partial charge < -0.3 is 14.9 Å². The Morgan fingerprint density at radius 3 is 1.54 bits per heavy atom. The van der Waals surface area contributed by atoms with Crippen molar-refractivity contribution in [3.05, 3.63) is 0 Å². The van der Waals surface area contributed by atoms with Gasteiger partial charge in [-0.3, -0.25) is 4.79 Å². The highest BCUT2D eigenvalue weighted by molar-refractivity contribution is 7.82. The summed E-state index contributed by atoms with van der Waals surface area (Å²) in [5.41, 5.74) is 0. The molecule has 0 unspecified atom stereocenters. The van der Waals surface area contributed by atoms with Crippen LogP contribution in [0.25, 0.3) is 0 Å². The van der Waals surface area contributed by atoms with Crippen molar-refractivity contribution in [2.24, 2.45) is 0 Å². The molecular formula is C22H46N2O2S2. The molecule has 0 amide bonds. The third-order valence-corrected chi connectivity index (χ3v) is 4.93. The monoisotopic (exact) mass is 434 g/mol. The van der Waals surface area contributed by atoms with Gasteiger partial charge in [0, 0.05) is 42.1 Å². The number of thiol groups is 2. The van der Waals surface area contributed by atoms with Crippen molar-refractivity contribution in [2.75, 3.05) is 39.3 Å². The maximum Gasteiger partial charge on any atom is 0.303 e. The number of hydrogen-bond donors (Lipinski definition) is 3.